The van der Waals surface area contributed by atoms with Crippen LogP contribution in [0.2, 0.25) is 0 Å². The van der Waals surface area contributed by atoms with Crippen molar-refractivity contribution in [2.45, 2.75) is 31.7 Å². The van der Waals surface area contributed by atoms with Gasteiger partial charge < -0.3 is 9.84 Å². The molecule has 1 aromatic rings. The smallest absolute Gasteiger partial charge is 0.322 e. The van der Waals surface area contributed by atoms with Gasteiger partial charge in [-0.1, -0.05) is 13.8 Å². The van der Waals surface area contributed by atoms with Crippen molar-refractivity contribution in [1.82, 2.24) is 4.72 Å². The first-order valence-electron chi connectivity index (χ1n) is 7.11. The maximum absolute atomic E-state index is 12.2. The van der Waals surface area contributed by atoms with Gasteiger partial charge in [-0.15, -0.1) is 5.73 Å². The van der Waals surface area contributed by atoms with Crippen molar-refractivity contribution in [2.24, 2.45) is 5.92 Å². The number of carboxylic acids is 1. The van der Waals surface area contributed by atoms with Crippen LogP contribution in [-0.4, -0.2) is 32.1 Å². The van der Waals surface area contributed by atoms with Crippen LogP contribution in [0.1, 0.15) is 20.8 Å². The van der Waals surface area contributed by atoms with E-state index in [1.807, 2.05) is 6.92 Å². The molecular weight excluding hydrogens is 318 g/mol. The van der Waals surface area contributed by atoms with E-state index in [1.165, 1.54) is 24.3 Å². The second kappa shape index (κ2) is 8.53. The molecule has 0 aliphatic carbocycles. The van der Waals surface area contributed by atoms with E-state index in [0.717, 1.165) is 0 Å². The Kier molecular flexibility index (Phi) is 7.03. The summed E-state index contributed by atoms with van der Waals surface area (Å²) in [6.07, 6.45) is 3.45. The molecule has 0 bridgehead atoms. The van der Waals surface area contributed by atoms with Gasteiger partial charge >= 0.3 is 5.97 Å². The SMILES string of the molecule is CC=C=CCOc1ccc(S(=O)(=O)NC(C(=O)O)C(C)C)cc1. The van der Waals surface area contributed by atoms with Gasteiger partial charge in [-0.05, 0) is 49.3 Å². The van der Waals surface area contributed by atoms with Gasteiger partial charge in [0.25, 0.3) is 0 Å². The average Bonchev–Trinajstić information content (AvgIpc) is 2.49. The third-order valence-electron chi connectivity index (χ3n) is 2.97. The maximum atomic E-state index is 12.2. The van der Waals surface area contributed by atoms with E-state index >= 15 is 0 Å². The Bertz CT molecular complexity index is 686. The summed E-state index contributed by atoms with van der Waals surface area (Å²) < 4.78 is 32.0. The van der Waals surface area contributed by atoms with Crippen LogP contribution in [0.3, 0.4) is 0 Å². The fourth-order valence-electron chi connectivity index (χ4n) is 1.73. The number of nitrogens with one attached hydrogen (secondary N) is 1. The van der Waals surface area contributed by atoms with Crippen molar-refractivity contribution < 1.29 is 23.1 Å². The molecule has 126 valence electrons. The topological polar surface area (TPSA) is 92.7 Å². The highest BCUT2D eigenvalue weighted by Gasteiger charge is 2.27. The van der Waals surface area contributed by atoms with Crippen LogP contribution in [0.15, 0.2) is 47.0 Å². The summed E-state index contributed by atoms with van der Waals surface area (Å²) in [5.74, 6) is -1.07. The number of sulfonamides is 1. The number of carbonyl (C=O) groups is 1. The number of aliphatic carboxylic acids is 1. The predicted molar refractivity (Wildman–Crippen MR) is 86.8 cm³/mol. The van der Waals surface area contributed by atoms with E-state index in [4.69, 9.17) is 9.84 Å². The summed E-state index contributed by atoms with van der Waals surface area (Å²) in [7, 11) is -3.91. The van der Waals surface area contributed by atoms with Crippen LogP contribution in [0.4, 0.5) is 0 Å². The standard InChI is InChI=1S/C16H21NO5S/c1-4-5-6-11-22-13-7-9-14(10-8-13)23(20,21)17-15(12(2)3)16(18)19/h4,6-10,12,15,17H,11H2,1-3H3,(H,18,19). The molecule has 1 atom stereocenters. The molecule has 0 aromatic heterocycles. The maximum Gasteiger partial charge on any atom is 0.322 e. The highest BCUT2D eigenvalue weighted by Crippen LogP contribution is 2.17. The van der Waals surface area contributed by atoms with Crippen LogP contribution >= 0.6 is 0 Å². The molecule has 1 rings (SSSR count). The molecule has 0 aliphatic heterocycles. The van der Waals surface area contributed by atoms with Crippen LogP contribution in [-0.2, 0) is 14.8 Å². The first kappa shape index (κ1) is 19.0. The Labute approximate surface area is 136 Å². The first-order chi connectivity index (χ1) is 10.8. The average molecular weight is 339 g/mol. The summed E-state index contributed by atoms with van der Waals surface area (Å²) in [6, 6.07) is 4.60. The Morgan fingerprint density at radius 3 is 2.43 bits per heavy atom. The van der Waals surface area contributed by atoms with E-state index in [9.17, 15) is 13.2 Å². The molecule has 0 saturated heterocycles. The second-order valence-corrected chi connectivity index (χ2v) is 6.84. The van der Waals surface area contributed by atoms with Crippen LogP contribution < -0.4 is 9.46 Å². The summed E-state index contributed by atoms with van der Waals surface area (Å²) in [5, 5.41) is 9.08. The fraction of sp³-hybridized carbons (Fsp3) is 0.375. The van der Waals surface area contributed by atoms with Crippen LogP contribution in [0, 0.1) is 5.92 Å². The van der Waals surface area contributed by atoms with Crippen LogP contribution in [0.5, 0.6) is 5.75 Å². The Hall–Kier alpha value is -2.08. The van der Waals surface area contributed by atoms with Gasteiger partial charge in [0, 0.05) is 0 Å². The van der Waals surface area contributed by atoms with E-state index in [2.05, 4.69) is 10.5 Å². The minimum absolute atomic E-state index is 0.0132. The van der Waals surface area contributed by atoms with Crippen LogP contribution in [0.25, 0.3) is 0 Å². The summed E-state index contributed by atoms with van der Waals surface area (Å²) in [6.45, 7) is 5.43. The Morgan fingerprint density at radius 2 is 1.96 bits per heavy atom. The van der Waals surface area contributed by atoms with E-state index < -0.39 is 22.0 Å². The number of hydrogen-bond acceptors (Lipinski definition) is 4. The van der Waals surface area contributed by atoms with E-state index in [1.54, 1.807) is 26.0 Å². The summed E-state index contributed by atoms with van der Waals surface area (Å²) in [5.41, 5.74) is 2.86. The minimum atomic E-state index is -3.91. The van der Waals surface area contributed by atoms with E-state index in [-0.39, 0.29) is 10.8 Å². The third-order valence-corrected chi connectivity index (χ3v) is 4.42. The molecule has 0 radical (unpaired) electrons. The van der Waals surface area contributed by atoms with Gasteiger partial charge in [-0.2, -0.15) is 4.72 Å². The van der Waals surface area contributed by atoms with Crippen molar-refractivity contribution in [3.8, 4) is 5.75 Å². The highest BCUT2D eigenvalue weighted by molar-refractivity contribution is 7.89. The monoisotopic (exact) mass is 339 g/mol. The Balaban J connectivity index is 2.85. The van der Waals surface area contributed by atoms with Crippen molar-refractivity contribution in [2.75, 3.05) is 6.61 Å². The van der Waals surface area contributed by atoms with Gasteiger partial charge in [0.2, 0.25) is 10.0 Å². The van der Waals surface area contributed by atoms with Gasteiger partial charge in [-0.3, -0.25) is 4.79 Å². The summed E-state index contributed by atoms with van der Waals surface area (Å²) in [4.78, 5) is 11.1. The number of hydrogen-bond donors (Lipinski definition) is 2. The van der Waals surface area contributed by atoms with Crippen molar-refractivity contribution in [3.63, 3.8) is 0 Å². The first-order valence-corrected chi connectivity index (χ1v) is 8.59. The molecule has 1 aromatic carbocycles. The molecular formula is C16H21NO5S. The number of rotatable bonds is 8. The number of carboxylic acid groups (broad SMARTS) is 1. The molecule has 0 aliphatic rings. The Morgan fingerprint density at radius 1 is 1.35 bits per heavy atom. The fourth-order valence-corrected chi connectivity index (χ4v) is 3.06. The van der Waals surface area contributed by atoms with Crippen molar-refractivity contribution >= 4 is 16.0 Å². The molecule has 0 heterocycles. The zero-order valence-electron chi connectivity index (χ0n) is 13.3. The highest BCUT2D eigenvalue weighted by atomic mass is 32.2. The van der Waals surface area contributed by atoms with Gasteiger partial charge in [0.1, 0.15) is 18.4 Å². The van der Waals surface area contributed by atoms with Gasteiger partial charge in [0.15, 0.2) is 0 Å². The van der Waals surface area contributed by atoms with Crippen molar-refractivity contribution in [3.05, 3.63) is 42.1 Å². The molecule has 6 nitrogen and oxygen atoms in total. The predicted octanol–water partition coefficient (Wildman–Crippen LogP) is 2.18. The molecule has 0 fully saturated rings. The molecule has 2 N–H and O–H groups in total. The second-order valence-electron chi connectivity index (χ2n) is 5.12. The third kappa shape index (κ3) is 5.90. The van der Waals surface area contributed by atoms with Gasteiger partial charge in [0.05, 0.1) is 4.90 Å². The van der Waals surface area contributed by atoms with Crippen molar-refractivity contribution in [1.29, 1.82) is 0 Å². The van der Waals surface area contributed by atoms with Gasteiger partial charge in [-0.25, -0.2) is 8.42 Å². The number of ether oxygens (including phenoxy) is 1. The normalized spacial score (nSPS) is 12.3. The number of benzene rings is 1. The zero-order valence-corrected chi connectivity index (χ0v) is 14.1. The molecule has 7 heteroatoms. The lowest BCUT2D eigenvalue weighted by Gasteiger charge is -2.18. The van der Waals surface area contributed by atoms with E-state index in [0.29, 0.717) is 12.4 Å². The molecule has 0 amide bonds. The molecule has 23 heavy (non-hydrogen) atoms. The largest absolute Gasteiger partial charge is 0.489 e. The lowest BCUT2D eigenvalue weighted by atomic mass is 10.1. The quantitative estimate of drug-likeness (QED) is 0.708. The zero-order chi connectivity index (χ0) is 17.5. The summed E-state index contributed by atoms with van der Waals surface area (Å²) >= 11 is 0. The lowest BCUT2D eigenvalue weighted by molar-refractivity contribution is -0.140. The molecule has 0 saturated carbocycles. The molecule has 0 spiro atoms. The molecule has 1 unspecified atom stereocenters. The lowest BCUT2D eigenvalue weighted by Crippen LogP contribution is -2.44. The minimum Gasteiger partial charge on any atom is -0.489 e.